The van der Waals surface area contributed by atoms with Crippen molar-refractivity contribution in [3.8, 4) is 0 Å². The quantitative estimate of drug-likeness (QED) is 0.721. The number of amides is 1. The molecule has 2 N–H and O–H groups in total. The van der Waals surface area contributed by atoms with E-state index in [2.05, 4.69) is 17.6 Å². The smallest absolute Gasteiger partial charge is 0.221 e. The fourth-order valence-corrected chi connectivity index (χ4v) is 2.61. The maximum absolute atomic E-state index is 11.8. The van der Waals surface area contributed by atoms with Crippen LogP contribution in [0.3, 0.4) is 0 Å². The molecule has 2 aliphatic carbocycles. The van der Waals surface area contributed by atoms with Crippen LogP contribution in [0.5, 0.6) is 0 Å². The summed E-state index contributed by atoms with van der Waals surface area (Å²) in [6, 6.07) is 1.15. The zero-order valence-electron chi connectivity index (χ0n) is 11.0. The van der Waals surface area contributed by atoms with Crippen LogP contribution in [0, 0.1) is 5.92 Å². The second-order valence-corrected chi connectivity index (χ2v) is 5.86. The number of rotatable bonds is 5. The molecule has 2 saturated carbocycles. The Bertz CT molecular complexity index is 251. The molecule has 0 heterocycles. The highest BCUT2D eigenvalue weighted by atomic mass is 16.1. The van der Waals surface area contributed by atoms with Crippen LogP contribution in [0.25, 0.3) is 0 Å². The van der Waals surface area contributed by atoms with Gasteiger partial charge < -0.3 is 10.6 Å². The van der Waals surface area contributed by atoms with Crippen molar-refractivity contribution in [2.24, 2.45) is 5.92 Å². The Labute approximate surface area is 105 Å². The number of hydrogen-bond donors (Lipinski definition) is 2. The minimum Gasteiger partial charge on any atom is -0.353 e. The van der Waals surface area contributed by atoms with E-state index < -0.39 is 0 Å². The van der Waals surface area contributed by atoms with Gasteiger partial charge in [0.2, 0.25) is 5.91 Å². The van der Waals surface area contributed by atoms with Crippen molar-refractivity contribution in [1.29, 1.82) is 0 Å². The van der Waals surface area contributed by atoms with Gasteiger partial charge in [-0.2, -0.15) is 0 Å². The summed E-state index contributed by atoms with van der Waals surface area (Å²) in [5.74, 6) is 1.08. The zero-order valence-corrected chi connectivity index (χ0v) is 11.0. The Morgan fingerprint density at radius 3 is 2.59 bits per heavy atom. The maximum atomic E-state index is 11.8. The SMILES string of the molecule is CC1CCCC(NC(=O)CCNC2CC2)CC1. The largest absolute Gasteiger partial charge is 0.353 e. The third-order valence-corrected chi connectivity index (χ3v) is 3.98. The Balaban J connectivity index is 1.59. The first-order valence-corrected chi connectivity index (χ1v) is 7.27. The predicted molar refractivity (Wildman–Crippen MR) is 69.8 cm³/mol. The lowest BCUT2D eigenvalue weighted by molar-refractivity contribution is -0.121. The van der Waals surface area contributed by atoms with Crippen molar-refractivity contribution in [2.45, 2.75) is 70.4 Å². The molecule has 2 rings (SSSR count). The highest BCUT2D eigenvalue weighted by Gasteiger charge is 2.21. The Morgan fingerprint density at radius 2 is 1.82 bits per heavy atom. The number of nitrogens with one attached hydrogen (secondary N) is 2. The third kappa shape index (κ3) is 5.07. The van der Waals surface area contributed by atoms with Crippen LogP contribution >= 0.6 is 0 Å². The van der Waals surface area contributed by atoms with Crippen molar-refractivity contribution in [3.63, 3.8) is 0 Å². The van der Waals surface area contributed by atoms with Crippen LogP contribution in [-0.2, 0) is 4.79 Å². The zero-order chi connectivity index (χ0) is 12.1. The number of hydrogen-bond acceptors (Lipinski definition) is 2. The van der Waals surface area contributed by atoms with Gasteiger partial charge in [0.25, 0.3) is 0 Å². The molecule has 2 atom stereocenters. The van der Waals surface area contributed by atoms with Gasteiger partial charge in [-0.3, -0.25) is 4.79 Å². The molecule has 2 fully saturated rings. The summed E-state index contributed by atoms with van der Waals surface area (Å²) in [5.41, 5.74) is 0. The lowest BCUT2D eigenvalue weighted by atomic mass is 10.0. The van der Waals surface area contributed by atoms with Crippen molar-refractivity contribution in [2.75, 3.05) is 6.54 Å². The van der Waals surface area contributed by atoms with Crippen molar-refractivity contribution < 1.29 is 4.79 Å². The summed E-state index contributed by atoms with van der Waals surface area (Å²) >= 11 is 0. The molecule has 17 heavy (non-hydrogen) atoms. The standard InChI is InChI=1S/C14H26N2O/c1-11-3-2-4-13(6-5-11)16-14(17)9-10-15-12-7-8-12/h11-13,15H,2-10H2,1H3,(H,16,17). The van der Waals surface area contributed by atoms with Gasteiger partial charge in [-0.25, -0.2) is 0 Å². The van der Waals surface area contributed by atoms with E-state index >= 15 is 0 Å². The Morgan fingerprint density at radius 1 is 1.06 bits per heavy atom. The molecule has 0 spiro atoms. The molecule has 2 aliphatic rings. The molecule has 0 bridgehead atoms. The van der Waals surface area contributed by atoms with E-state index in [-0.39, 0.29) is 5.91 Å². The summed E-state index contributed by atoms with van der Waals surface area (Å²) in [4.78, 5) is 11.8. The lowest BCUT2D eigenvalue weighted by Crippen LogP contribution is -2.36. The van der Waals surface area contributed by atoms with Gasteiger partial charge in [-0.1, -0.05) is 19.8 Å². The van der Waals surface area contributed by atoms with Crippen molar-refractivity contribution >= 4 is 5.91 Å². The first-order valence-electron chi connectivity index (χ1n) is 7.27. The molecule has 3 nitrogen and oxygen atoms in total. The van der Waals surface area contributed by atoms with Crippen LogP contribution in [-0.4, -0.2) is 24.5 Å². The fraction of sp³-hybridized carbons (Fsp3) is 0.929. The summed E-state index contributed by atoms with van der Waals surface area (Å²) in [5, 5.41) is 6.58. The van der Waals surface area contributed by atoms with Crippen LogP contribution in [0.4, 0.5) is 0 Å². The highest BCUT2D eigenvalue weighted by Crippen LogP contribution is 2.22. The molecule has 0 aliphatic heterocycles. The van der Waals surface area contributed by atoms with E-state index in [0.29, 0.717) is 18.5 Å². The summed E-state index contributed by atoms with van der Waals surface area (Å²) in [7, 11) is 0. The third-order valence-electron chi connectivity index (χ3n) is 3.98. The van der Waals surface area contributed by atoms with Crippen molar-refractivity contribution in [3.05, 3.63) is 0 Å². The average Bonchev–Trinajstić information content (AvgIpc) is 3.09. The molecule has 1 amide bonds. The van der Waals surface area contributed by atoms with E-state index in [1.807, 2.05) is 0 Å². The normalized spacial score (nSPS) is 29.7. The van der Waals surface area contributed by atoms with E-state index in [4.69, 9.17) is 0 Å². The van der Waals surface area contributed by atoms with Gasteiger partial charge in [0, 0.05) is 25.0 Å². The van der Waals surface area contributed by atoms with Gasteiger partial charge in [0.1, 0.15) is 0 Å². The van der Waals surface area contributed by atoms with Gasteiger partial charge in [0.15, 0.2) is 0 Å². The van der Waals surface area contributed by atoms with Gasteiger partial charge >= 0.3 is 0 Å². The van der Waals surface area contributed by atoms with Gasteiger partial charge in [-0.15, -0.1) is 0 Å². The monoisotopic (exact) mass is 238 g/mol. The van der Waals surface area contributed by atoms with Crippen LogP contribution in [0.15, 0.2) is 0 Å². The van der Waals surface area contributed by atoms with Crippen LogP contribution in [0.1, 0.15) is 58.3 Å². The number of carbonyl (C=O) groups excluding carboxylic acids is 1. The molecular formula is C14H26N2O. The topological polar surface area (TPSA) is 41.1 Å². The molecule has 0 radical (unpaired) electrons. The molecule has 2 unspecified atom stereocenters. The minimum atomic E-state index is 0.234. The fourth-order valence-electron chi connectivity index (χ4n) is 2.61. The van der Waals surface area contributed by atoms with E-state index in [1.54, 1.807) is 0 Å². The molecule has 0 aromatic carbocycles. The molecule has 0 saturated heterocycles. The van der Waals surface area contributed by atoms with E-state index in [0.717, 1.165) is 12.5 Å². The molecule has 3 heteroatoms. The Hall–Kier alpha value is -0.570. The summed E-state index contributed by atoms with van der Waals surface area (Å²) < 4.78 is 0. The number of carbonyl (C=O) groups is 1. The molecule has 0 aromatic rings. The first kappa shape index (κ1) is 12.9. The minimum absolute atomic E-state index is 0.234. The summed E-state index contributed by atoms with van der Waals surface area (Å²) in [6.45, 7) is 3.17. The maximum Gasteiger partial charge on any atom is 0.221 e. The van der Waals surface area contributed by atoms with Gasteiger partial charge in [0.05, 0.1) is 0 Å². The van der Waals surface area contributed by atoms with Crippen molar-refractivity contribution in [1.82, 2.24) is 10.6 Å². The van der Waals surface area contributed by atoms with Crippen LogP contribution < -0.4 is 10.6 Å². The lowest BCUT2D eigenvalue weighted by Gasteiger charge is -2.16. The average molecular weight is 238 g/mol. The molecule has 98 valence electrons. The second-order valence-electron chi connectivity index (χ2n) is 5.86. The predicted octanol–water partition coefficient (Wildman–Crippen LogP) is 2.21. The molecular weight excluding hydrogens is 212 g/mol. The second kappa shape index (κ2) is 6.39. The molecule has 0 aromatic heterocycles. The summed E-state index contributed by atoms with van der Waals surface area (Å²) in [6.07, 6.45) is 9.44. The first-order chi connectivity index (χ1) is 8.24. The van der Waals surface area contributed by atoms with Gasteiger partial charge in [-0.05, 0) is 38.0 Å². The van der Waals surface area contributed by atoms with E-state index in [1.165, 1.54) is 44.9 Å². The van der Waals surface area contributed by atoms with E-state index in [9.17, 15) is 4.79 Å². The Kier molecular flexibility index (Phi) is 4.84. The highest BCUT2D eigenvalue weighted by molar-refractivity contribution is 5.76. The van der Waals surface area contributed by atoms with Crippen LogP contribution in [0.2, 0.25) is 0 Å².